The minimum absolute atomic E-state index is 0.0225. The molecule has 0 spiro atoms. The van der Waals surface area contributed by atoms with Gasteiger partial charge in [-0.2, -0.15) is 0 Å². The highest BCUT2D eigenvalue weighted by Gasteiger charge is 2.27. The Bertz CT molecular complexity index is 198. The molecule has 1 saturated heterocycles. The van der Waals surface area contributed by atoms with Crippen LogP contribution in [-0.2, 0) is 14.1 Å². The lowest BCUT2D eigenvalue weighted by atomic mass is 10.2. The first-order valence-corrected chi connectivity index (χ1v) is 5.30. The van der Waals surface area contributed by atoms with Crippen molar-refractivity contribution in [1.29, 1.82) is 0 Å². The predicted molar refractivity (Wildman–Crippen MR) is 48.6 cm³/mol. The summed E-state index contributed by atoms with van der Waals surface area (Å²) in [6.45, 7) is 3.02. The van der Waals surface area contributed by atoms with Gasteiger partial charge < -0.3 is 4.74 Å². The van der Waals surface area contributed by atoms with Crippen LogP contribution < -0.4 is 0 Å². The number of carbonyl (C=O) groups is 1. The number of carbonyl (C=O) groups excluding carboxylic acids is 1. The molecule has 1 aliphatic rings. The zero-order valence-electron chi connectivity index (χ0n) is 7.73. The molecule has 1 fully saturated rings. The van der Waals surface area contributed by atoms with Crippen molar-refractivity contribution in [3.63, 3.8) is 0 Å². The summed E-state index contributed by atoms with van der Waals surface area (Å²) in [6, 6.07) is 0.109. The van der Waals surface area contributed by atoms with Crippen molar-refractivity contribution in [2.45, 2.75) is 32.2 Å². The van der Waals surface area contributed by atoms with E-state index in [1.54, 1.807) is 11.6 Å². The molecule has 0 saturated carbocycles. The normalized spacial score (nSPS) is 23.6. The quantitative estimate of drug-likeness (QED) is 0.514. The zero-order chi connectivity index (χ0) is 9.68. The summed E-state index contributed by atoms with van der Waals surface area (Å²) in [5, 5.41) is 0. The second-order valence-corrected chi connectivity index (χ2v) is 3.73. The Morgan fingerprint density at radius 2 is 2.46 bits per heavy atom. The van der Waals surface area contributed by atoms with Crippen LogP contribution in [0.3, 0.4) is 0 Å². The summed E-state index contributed by atoms with van der Waals surface area (Å²) in [7, 11) is 0.0225. The first-order chi connectivity index (χ1) is 6.27. The van der Waals surface area contributed by atoms with Crippen LogP contribution in [0.4, 0.5) is 0 Å². The van der Waals surface area contributed by atoms with Gasteiger partial charge in [0.05, 0.1) is 13.0 Å². The van der Waals surface area contributed by atoms with Gasteiger partial charge in [0.25, 0.3) is 0 Å². The second kappa shape index (κ2) is 5.30. The third-order valence-electron chi connectivity index (χ3n) is 2.16. The maximum absolute atomic E-state index is 11.1. The smallest absolute Gasteiger partial charge is 0.307 e. The van der Waals surface area contributed by atoms with Crippen molar-refractivity contribution in [3.8, 4) is 0 Å². The highest BCUT2D eigenvalue weighted by atomic mass is 31.1. The van der Waals surface area contributed by atoms with E-state index in [4.69, 9.17) is 4.74 Å². The van der Waals surface area contributed by atoms with Crippen molar-refractivity contribution < 1.29 is 14.1 Å². The number of hydrogen-bond acceptors (Lipinski definition) is 3. The number of esters is 1. The van der Waals surface area contributed by atoms with Crippen molar-refractivity contribution in [2.75, 3.05) is 13.2 Å². The highest BCUT2D eigenvalue weighted by Crippen LogP contribution is 2.25. The van der Waals surface area contributed by atoms with E-state index in [9.17, 15) is 9.36 Å². The number of rotatable bonds is 4. The number of nitrogens with zero attached hydrogens (tertiary/aromatic N) is 1. The molecule has 1 rings (SSSR count). The molecule has 1 heterocycles. The summed E-state index contributed by atoms with van der Waals surface area (Å²) < 4.78 is 17.2. The van der Waals surface area contributed by atoms with Crippen molar-refractivity contribution in [3.05, 3.63) is 0 Å². The van der Waals surface area contributed by atoms with Crippen molar-refractivity contribution >= 4 is 14.6 Å². The Morgan fingerprint density at radius 1 is 1.69 bits per heavy atom. The molecule has 1 aliphatic heterocycles. The number of ether oxygens (including phenoxy) is 1. The van der Waals surface area contributed by atoms with Crippen LogP contribution in [0.1, 0.15) is 26.2 Å². The van der Waals surface area contributed by atoms with E-state index in [1.807, 2.05) is 0 Å². The van der Waals surface area contributed by atoms with Crippen LogP contribution in [0.2, 0.25) is 0 Å². The molecule has 0 aliphatic carbocycles. The van der Waals surface area contributed by atoms with Gasteiger partial charge in [-0.25, -0.2) is 4.67 Å². The van der Waals surface area contributed by atoms with E-state index in [0.717, 1.165) is 19.4 Å². The average molecular weight is 203 g/mol. The van der Waals surface area contributed by atoms with E-state index in [-0.39, 0.29) is 20.6 Å². The monoisotopic (exact) mass is 203 g/mol. The molecule has 0 aromatic carbocycles. The molecule has 0 aromatic rings. The van der Waals surface area contributed by atoms with Crippen molar-refractivity contribution in [1.82, 2.24) is 4.67 Å². The Kier molecular flexibility index (Phi) is 4.33. The summed E-state index contributed by atoms with van der Waals surface area (Å²) in [4.78, 5) is 11.1. The summed E-state index contributed by atoms with van der Waals surface area (Å²) >= 11 is 0. The molecule has 74 valence electrons. The van der Waals surface area contributed by atoms with Crippen LogP contribution in [0, 0.1) is 0 Å². The lowest BCUT2D eigenvalue weighted by Gasteiger charge is -2.15. The van der Waals surface area contributed by atoms with E-state index in [2.05, 4.69) is 0 Å². The van der Waals surface area contributed by atoms with Gasteiger partial charge in [-0.15, -0.1) is 0 Å². The van der Waals surface area contributed by atoms with Crippen LogP contribution in [0.5, 0.6) is 0 Å². The molecular weight excluding hydrogens is 189 g/mol. The van der Waals surface area contributed by atoms with Gasteiger partial charge >= 0.3 is 5.97 Å². The fourth-order valence-corrected chi connectivity index (χ4v) is 2.10. The van der Waals surface area contributed by atoms with E-state index in [1.165, 1.54) is 0 Å². The zero-order valence-corrected chi connectivity index (χ0v) is 8.63. The van der Waals surface area contributed by atoms with Crippen molar-refractivity contribution in [2.24, 2.45) is 0 Å². The fraction of sp³-hybridized carbons (Fsp3) is 0.875. The molecule has 0 amide bonds. The van der Waals surface area contributed by atoms with E-state index >= 15 is 0 Å². The molecule has 0 radical (unpaired) electrons. The molecular formula is C8H14NO3P. The van der Waals surface area contributed by atoms with Gasteiger partial charge in [0.1, 0.15) is 0 Å². The molecule has 1 atom stereocenters. The van der Waals surface area contributed by atoms with Crippen LogP contribution in [-0.4, -0.2) is 29.8 Å². The molecule has 0 bridgehead atoms. The lowest BCUT2D eigenvalue weighted by Crippen LogP contribution is -2.24. The highest BCUT2D eigenvalue weighted by molar-refractivity contribution is 7.20. The molecule has 4 nitrogen and oxygen atoms in total. The van der Waals surface area contributed by atoms with Gasteiger partial charge in [-0.3, -0.25) is 9.36 Å². The number of hydrogen-bond donors (Lipinski definition) is 0. The molecule has 5 heteroatoms. The van der Waals surface area contributed by atoms with Gasteiger partial charge in [-0.1, -0.05) is 0 Å². The van der Waals surface area contributed by atoms with Gasteiger partial charge in [0.15, 0.2) is 0 Å². The Labute approximate surface area is 79.5 Å². The fourth-order valence-electron chi connectivity index (χ4n) is 1.55. The second-order valence-electron chi connectivity index (χ2n) is 3.05. The summed E-state index contributed by atoms with van der Waals surface area (Å²) in [5.41, 5.74) is 0. The molecule has 0 N–H and O–H groups in total. The van der Waals surface area contributed by atoms with Gasteiger partial charge in [0.2, 0.25) is 8.61 Å². The molecule has 13 heavy (non-hydrogen) atoms. The Balaban J connectivity index is 2.34. The van der Waals surface area contributed by atoms with E-state index in [0.29, 0.717) is 13.0 Å². The standard InChI is InChI=1S/C8H14NO3P/c1-2-12-8(10)6-7-4-3-5-9(7)13-11/h7H,2-6H2,1H3. The largest absolute Gasteiger partial charge is 0.466 e. The Hall–Kier alpha value is -0.470. The molecule has 0 aromatic heterocycles. The maximum Gasteiger partial charge on any atom is 0.307 e. The maximum atomic E-state index is 11.1. The summed E-state index contributed by atoms with van der Waals surface area (Å²) in [5.74, 6) is -0.192. The third-order valence-corrected chi connectivity index (χ3v) is 2.89. The SMILES string of the molecule is CCOC(=O)CC1CCCN1P=O. The summed E-state index contributed by atoms with van der Waals surface area (Å²) in [6.07, 6.45) is 2.32. The van der Waals surface area contributed by atoms with Crippen LogP contribution in [0.15, 0.2) is 0 Å². The van der Waals surface area contributed by atoms with Gasteiger partial charge in [-0.05, 0) is 19.8 Å². The third kappa shape index (κ3) is 3.05. The van der Waals surface area contributed by atoms with Crippen LogP contribution >= 0.6 is 8.61 Å². The van der Waals surface area contributed by atoms with E-state index < -0.39 is 0 Å². The molecule has 1 unspecified atom stereocenters. The van der Waals surface area contributed by atoms with Gasteiger partial charge in [0, 0.05) is 12.6 Å². The topological polar surface area (TPSA) is 46.6 Å². The first-order valence-electron chi connectivity index (χ1n) is 4.53. The lowest BCUT2D eigenvalue weighted by molar-refractivity contribution is -0.143. The van der Waals surface area contributed by atoms with Crippen LogP contribution in [0.25, 0.3) is 0 Å². The first kappa shape index (κ1) is 10.6. The minimum Gasteiger partial charge on any atom is -0.466 e. The predicted octanol–water partition coefficient (Wildman–Crippen LogP) is 1.61. The Morgan fingerprint density at radius 3 is 3.08 bits per heavy atom. The minimum atomic E-state index is -0.192. The average Bonchev–Trinajstić information content (AvgIpc) is 2.52.